The Kier molecular flexibility index (Phi) is 5.40. The molecule has 0 amide bonds. The summed E-state index contributed by atoms with van der Waals surface area (Å²) in [6.07, 6.45) is 0. The molecule has 1 N–H and O–H groups in total. The molecule has 2 rings (SSSR count). The number of nitrogens with one attached hydrogen (secondary N) is 1. The molecule has 0 radical (unpaired) electrons. The summed E-state index contributed by atoms with van der Waals surface area (Å²) in [5.74, 6) is -0.0714. The molecule has 2 aromatic carbocycles. The lowest BCUT2D eigenvalue weighted by atomic mass is 9.98. The van der Waals surface area contributed by atoms with Gasteiger partial charge in [-0.2, -0.15) is 0 Å². The van der Waals surface area contributed by atoms with Crippen LogP contribution in [0.2, 0.25) is 0 Å². The average Bonchev–Trinajstić information content (AvgIpc) is 2.45. The van der Waals surface area contributed by atoms with E-state index in [9.17, 15) is 4.39 Å². The van der Waals surface area contributed by atoms with Crippen LogP contribution in [0, 0.1) is 9.39 Å². The molecular formula is C15H14BrFINO. The van der Waals surface area contributed by atoms with E-state index >= 15 is 0 Å². The first-order chi connectivity index (χ1) is 9.58. The number of hydrogen-bond donors (Lipinski definition) is 1. The summed E-state index contributed by atoms with van der Waals surface area (Å²) in [5.41, 5.74) is 1.59. The van der Waals surface area contributed by atoms with Crippen molar-refractivity contribution in [2.24, 2.45) is 0 Å². The van der Waals surface area contributed by atoms with E-state index in [1.165, 1.54) is 7.11 Å². The van der Waals surface area contributed by atoms with Crippen LogP contribution < -0.4 is 10.1 Å². The average molecular weight is 450 g/mol. The molecule has 0 aliphatic rings. The summed E-state index contributed by atoms with van der Waals surface area (Å²) in [7, 11) is 3.29. The zero-order chi connectivity index (χ0) is 14.7. The minimum absolute atomic E-state index is 0.227. The standard InChI is InChI=1S/C15H14BrFINO/c1-19-15(11-8-9(16)6-7-12(11)18)10-4-3-5-13(20-2)14(10)17/h3-8,15,19H,1-2H3. The zero-order valence-electron chi connectivity index (χ0n) is 11.1. The highest BCUT2D eigenvalue weighted by Crippen LogP contribution is 2.32. The molecule has 2 nitrogen and oxygen atoms in total. The number of ether oxygens (including phenoxy) is 1. The van der Waals surface area contributed by atoms with E-state index in [4.69, 9.17) is 4.74 Å². The van der Waals surface area contributed by atoms with E-state index in [0.717, 1.165) is 13.6 Å². The Bertz CT molecular complexity index is 621. The highest BCUT2D eigenvalue weighted by molar-refractivity contribution is 14.1. The van der Waals surface area contributed by atoms with E-state index in [-0.39, 0.29) is 17.6 Å². The van der Waals surface area contributed by atoms with Crippen LogP contribution in [0.1, 0.15) is 17.2 Å². The number of hydrogen-bond acceptors (Lipinski definition) is 2. The van der Waals surface area contributed by atoms with Gasteiger partial charge < -0.3 is 10.1 Å². The summed E-state index contributed by atoms with van der Waals surface area (Å²) in [5, 5.41) is 3.17. The van der Waals surface area contributed by atoms with Gasteiger partial charge in [0.15, 0.2) is 11.6 Å². The lowest BCUT2D eigenvalue weighted by molar-refractivity contribution is 0.382. The minimum atomic E-state index is -0.329. The fraction of sp³-hybridized carbons (Fsp3) is 0.200. The molecule has 20 heavy (non-hydrogen) atoms. The quantitative estimate of drug-likeness (QED) is 0.693. The molecular weight excluding hydrogens is 436 g/mol. The van der Waals surface area contributed by atoms with Gasteiger partial charge in [0.1, 0.15) is 0 Å². The van der Waals surface area contributed by atoms with Crippen molar-refractivity contribution in [2.75, 3.05) is 14.2 Å². The van der Waals surface area contributed by atoms with Crippen molar-refractivity contribution in [1.82, 2.24) is 5.32 Å². The second kappa shape index (κ2) is 6.87. The van der Waals surface area contributed by atoms with Gasteiger partial charge in [-0.3, -0.25) is 0 Å². The fourth-order valence-electron chi connectivity index (χ4n) is 2.12. The number of halogens is 3. The Morgan fingerprint density at radius 1 is 1.25 bits per heavy atom. The summed E-state index contributed by atoms with van der Waals surface area (Å²) in [4.78, 5) is 0. The van der Waals surface area contributed by atoms with Gasteiger partial charge in [-0.05, 0) is 59.5 Å². The first kappa shape index (κ1) is 15.7. The van der Waals surface area contributed by atoms with Gasteiger partial charge in [-0.15, -0.1) is 0 Å². The number of methoxy groups -OCH3 is 1. The molecule has 0 fully saturated rings. The van der Waals surface area contributed by atoms with Gasteiger partial charge in [0.05, 0.1) is 13.2 Å². The molecule has 0 aromatic heterocycles. The lowest BCUT2D eigenvalue weighted by Crippen LogP contribution is -2.20. The van der Waals surface area contributed by atoms with Crippen molar-refractivity contribution < 1.29 is 9.13 Å². The van der Waals surface area contributed by atoms with Crippen molar-refractivity contribution >= 4 is 38.5 Å². The van der Waals surface area contributed by atoms with Crippen molar-refractivity contribution in [1.29, 1.82) is 0 Å². The van der Waals surface area contributed by atoms with E-state index in [1.807, 2.05) is 25.2 Å². The Hall–Kier alpha value is -0.660. The molecule has 0 saturated heterocycles. The molecule has 0 bridgehead atoms. The van der Waals surface area contributed by atoms with Crippen molar-refractivity contribution in [3.63, 3.8) is 0 Å². The summed E-state index contributed by atoms with van der Waals surface area (Å²) in [6.45, 7) is 0. The van der Waals surface area contributed by atoms with E-state index in [0.29, 0.717) is 5.56 Å². The van der Waals surface area contributed by atoms with E-state index in [1.54, 1.807) is 18.2 Å². The Balaban J connectivity index is 2.55. The van der Waals surface area contributed by atoms with Crippen LogP contribution in [-0.4, -0.2) is 14.2 Å². The van der Waals surface area contributed by atoms with Crippen LogP contribution >= 0.6 is 38.5 Å². The minimum Gasteiger partial charge on any atom is -0.494 e. The van der Waals surface area contributed by atoms with Gasteiger partial charge in [-0.1, -0.05) is 28.1 Å². The SMILES string of the molecule is CNC(c1cc(Br)ccc1I)c1cccc(OC)c1F. The van der Waals surface area contributed by atoms with Crippen molar-refractivity contribution in [2.45, 2.75) is 6.04 Å². The molecule has 1 atom stereocenters. The second-order valence-electron chi connectivity index (χ2n) is 4.25. The maximum atomic E-state index is 14.4. The van der Waals surface area contributed by atoms with Crippen LogP contribution in [0.3, 0.4) is 0 Å². The van der Waals surface area contributed by atoms with Crippen LogP contribution in [0.15, 0.2) is 40.9 Å². The maximum Gasteiger partial charge on any atom is 0.170 e. The topological polar surface area (TPSA) is 21.3 Å². The predicted octanol–water partition coefficient (Wildman–Crippen LogP) is 4.51. The third-order valence-corrected chi connectivity index (χ3v) is 4.56. The molecule has 2 aromatic rings. The smallest absolute Gasteiger partial charge is 0.170 e. The van der Waals surface area contributed by atoms with Crippen molar-refractivity contribution in [3.05, 3.63) is 61.4 Å². The second-order valence-corrected chi connectivity index (χ2v) is 6.33. The lowest BCUT2D eigenvalue weighted by Gasteiger charge is -2.20. The third kappa shape index (κ3) is 3.15. The Labute approximate surface area is 140 Å². The summed E-state index contributed by atoms with van der Waals surface area (Å²) >= 11 is 5.72. The molecule has 0 heterocycles. The van der Waals surface area contributed by atoms with Crippen LogP contribution in [-0.2, 0) is 0 Å². The van der Waals surface area contributed by atoms with Gasteiger partial charge in [0.2, 0.25) is 0 Å². The molecule has 0 aliphatic heterocycles. The Morgan fingerprint density at radius 3 is 2.65 bits per heavy atom. The van der Waals surface area contributed by atoms with E-state index < -0.39 is 0 Å². The van der Waals surface area contributed by atoms with Gasteiger partial charge >= 0.3 is 0 Å². The first-order valence-electron chi connectivity index (χ1n) is 6.03. The van der Waals surface area contributed by atoms with E-state index in [2.05, 4.69) is 43.8 Å². The maximum absolute atomic E-state index is 14.4. The third-order valence-electron chi connectivity index (χ3n) is 3.08. The van der Waals surface area contributed by atoms with Gasteiger partial charge in [0.25, 0.3) is 0 Å². The Morgan fingerprint density at radius 2 is 2.00 bits per heavy atom. The monoisotopic (exact) mass is 449 g/mol. The number of rotatable bonds is 4. The number of benzene rings is 2. The highest BCUT2D eigenvalue weighted by atomic mass is 127. The highest BCUT2D eigenvalue weighted by Gasteiger charge is 2.20. The normalized spacial score (nSPS) is 12.2. The van der Waals surface area contributed by atoms with Crippen LogP contribution in [0.25, 0.3) is 0 Å². The molecule has 1 unspecified atom stereocenters. The molecule has 0 spiro atoms. The molecule has 0 saturated carbocycles. The van der Waals surface area contributed by atoms with Crippen molar-refractivity contribution in [3.8, 4) is 5.75 Å². The molecule has 0 aliphatic carbocycles. The summed E-state index contributed by atoms with van der Waals surface area (Å²) < 4.78 is 21.6. The largest absolute Gasteiger partial charge is 0.494 e. The first-order valence-corrected chi connectivity index (χ1v) is 7.90. The van der Waals surface area contributed by atoms with Crippen LogP contribution in [0.5, 0.6) is 5.75 Å². The van der Waals surface area contributed by atoms with Gasteiger partial charge in [0, 0.05) is 13.6 Å². The zero-order valence-corrected chi connectivity index (χ0v) is 14.8. The van der Waals surface area contributed by atoms with Crippen LogP contribution in [0.4, 0.5) is 4.39 Å². The fourth-order valence-corrected chi connectivity index (χ4v) is 3.15. The van der Waals surface area contributed by atoms with Gasteiger partial charge in [-0.25, -0.2) is 4.39 Å². The molecule has 5 heteroatoms. The molecule has 106 valence electrons. The predicted molar refractivity (Wildman–Crippen MR) is 90.7 cm³/mol. The summed E-state index contributed by atoms with van der Waals surface area (Å²) in [6, 6.07) is 10.9.